The smallest absolute Gasteiger partial charge is 0.106 e. The van der Waals surface area contributed by atoms with E-state index in [4.69, 9.17) is 0 Å². The van der Waals surface area contributed by atoms with Crippen LogP contribution in [0.1, 0.15) is 32.1 Å². The van der Waals surface area contributed by atoms with Crippen molar-refractivity contribution in [3.05, 3.63) is 0 Å². The van der Waals surface area contributed by atoms with Crippen molar-refractivity contribution in [1.82, 2.24) is 0 Å². The number of hydrogen-bond acceptors (Lipinski definition) is 2. The molecule has 1 fully saturated rings. The summed E-state index contributed by atoms with van der Waals surface area (Å²) in [7, 11) is 1.60. The lowest BCUT2D eigenvalue weighted by Crippen LogP contribution is -2.06. The van der Waals surface area contributed by atoms with Gasteiger partial charge in [0.2, 0.25) is 0 Å². The molecule has 2 heteroatoms. The monoisotopic (exact) mass is 141 g/mol. The molecule has 1 saturated carbocycles. The Morgan fingerprint density at radius 2 is 2.00 bits per heavy atom. The first-order chi connectivity index (χ1) is 4.93. The average molecular weight is 141 g/mol. The van der Waals surface area contributed by atoms with Crippen molar-refractivity contribution in [2.24, 2.45) is 11.1 Å². The van der Waals surface area contributed by atoms with Gasteiger partial charge in [-0.05, 0) is 18.8 Å². The van der Waals surface area contributed by atoms with Crippen molar-refractivity contribution < 1.29 is 4.84 Å². The molecule has 1 rings (SSSR count). The predicted molar refractivity (Wildman–Crippen MR) is 42.1 cm³/mol. The zero-order chi connectivity index (χ0) is 7.23. The first-order valence-corrected chi connectivity index (χ1v) is 4.00. The quantitative estimate of drug-likeness (QED) is 0.426. The van der Waals surface area contributed by atoms with Crippen molar-refractivity contribution in [1.29, 1.82) is 0 Å². The van der Waals surface area contributed by atoms with E-state index in [9.17, 15) is 0 Å². The molecular formula is C8H15NO. The summed E-state index contributed by atoms with van der Waals surface area (Å²) in [6, 6.07) is 0. The minimum Gasteiger partial charge on any atom is -0.399 e. The Bertz CT molecular complexity index is 106. The third kappa shape index (κ3) is 2.38. The maximum Gasteiger partial charge on any atom is 0.106 e. The third-order valence-electron chi connectivity index (χ3n) is 2.03. The van der Waals surface area contributed by atoms with E-state index in [1.54, 1.807) is 7.11 Å². The molecule has 1 aliphatic rings. The summed E-state index contributed by atoms with van der Waals surface area (Å²) in [4.78, 5) is 4.61. The van der Waals surface area contributed by atoms with Crippen molar-refractivity contribution >= 4 is 6.21 Å². The van der Waals surface area contributed by atoms with Gasteiger partial charge in [-0.2, -0.15) is 0 Å². The molecule has 0 bridgehead atoms. The molecule has 0 saturated heterocycles. The van der Waals surface area contributed by atoms with Gasteiger partial charge < -0.3 is 4.84 Å². The van der Waals surface area contributed by atoms with E-state index in [0.717, 1.165) is 0 Å². The van der Waals surface area contributed by atoms with Crippen molar-refractivity contribution in [2.45, 2.75) is 32.1 Å². The summed E-state index contributed by atoms with van der Waals surface area (Å²) >= 11 is 0. The van der Waals surface area contributed by atoms with Crippen molar-refractivity contribution in [3.63, 3.8) is 0 Å². The van der Waals surface area contributed by atoms with E-state index in [1.165, 1.54) is 32.1 Å². The zero-order valence-electron chi connectivity index (χ0n) is 6.55. The summed E-state index contributed by atoms with van der Waals surface area (Å²) in [5, 5.41) is 3.77. The van der Waals surface area contributed by atoms with Crippen LogP contribution in [0.3, 0.4) is 0 Å². The van der Waals surface area contributed by atoms with Gasteiger partial charge in [-0.1, -0.05) is 24.4 Å². The second-order valence-corrected chi connectivity index (χ2v) is 2.84. The summed E-state index contributed by atoms with van der Waals surface area (Å²) < 4.78 is 0. The average Bonchev–Trinajstić information content (AvgIpc) is 2.03. The molecule has 0 spiro atoms. The zero-order valence-corrected chi connectivity index (χ0v) is 6.55. The number of oxime groups is 1. The molecule has 0 aromatic rings. The van der Waals surface area contributed by atoms with Crippen LogP contribution >= 0.6 is 0 Å². The SMILES string of the molecule is CO/N=C\C1CCCCC1. The van der Waals surface area contributed by atoms with Crippen molar-refractivity contribution in [3.8, 4) is 0 Å². The van der Waals surface area contributed by atoms with Crippen LogP contribution in [0, 0.1) is 5.92 Å². The molecule has 10 heavy (non-hydrogen) atoms. The standard InChI is InChI=1S/C8H15NO/c1-10-9-7-8-5-3-2-4-6-8/h7-8H,2-6H2,1H3/b9-7-. The van der Waals surface area contributed by atoms with Crippen LogP contribution in [0.4, 0.5) is 0 Å². The summed E-state index contributed by atoms with van der Waals surface area (Å²) in [6.45, 7) is 0. The molecule has 0 aromatic heterocycles. The Morgan fingerprint density at radius 1 is 1.30 bits per heavy atom. The van der Waals surface area contributed by atoms with Crippen LogP contribution in [0.15, 0.2) is 5.16 Å². The molecular weight excluding hydrogens is 126 g/mol. The second-order valence-electron chi connectivity index (χ2n) is 2.84. The maximum absolute atomic E-state index is 4.61. The van der Waals surface area contributed by atoms with Gasteiger partial charge in [0.1, 0.15) is 7.11 Å². The predicted octanol–water partition coefficient (Wildman–Crippen LogP) is 2.20. The largest absolute Gasteiger partial charge is 0.399 e. The molecule has 0 amide bonds. The lowest BCUT2D eigenvalue weighted by molar-refractivity contribution is 0.212. The number of hydrogen-bond donors (Lipinski definition) is 0. The lowest BCUT2D eigenvalue weighted by Gasteiger charge is -2.16. The summed E-state index contributed by atoms with van der Waals surface area (Å²) in [5.41, 5.74) is 0. The van der Waals surface area contributed by atoms with Crippen LogP contribution in [-0.2, 0) is 4.84 Å². The van der Waals surface area contributed by atoms with Gasteiger partial charge in [0.05, 0.1) is 0 Å². The number of nitrogens with zero attached hydrogens (tertiary/aromatic N) is 1. The van der Waals surface area contributed by atoms with E-state index in [2.05, 4.69) is 9.99 Å². The Hall–Kier alpha value is -0.530. The highest BCUT2D eigenvalue weighted by Crippen LogP contribution is 2.21. The van der Waals surface area contributed by atoms with Crippen LogP contribution < -0.4 is 0 Å². The molecule has 0 aromatic carbocycles. The molecule has 0 unspecified atom stereocenters. The first kappa shape index (κ1) is 7.58. The first-order valence-electron chi connectivity index (χ1n) is 4.00. The molecule has 0 N–H and O–H groups in total. The third-order valence-corrected chi connectivity index (χ3v) is 2.03. The normalized spacial score (nSPS) is 21.7. The molecule has 0 radical (unpaired) electrons. The highest BCUT2D eigenvalue weighted by atomic mass is 16.6. The van der Waals surface area contributed by atoms with Crippen LogP contribution in [0.25, 0.3) is 0 Å². The lowest BCUT2D eigenvalue weighted by atomic mass is 9.90. The fourth-order valence-electron chi connectivity index (χ4n) is 1.43. The molecule has 0 heterocycles. The summed E-state index contributed by atoms with van der Waals surface area (Å²) in [6.07, 6.45) is 8.66. The topological polar surface area (TPSA) is 21.6 Å². The Labute approximate surface area is 62.3 Å². The molecule has 58 valence electrons. The number of rotatable bonds is 2. The molecule has 0 aliphatic heterocycles. The minimum atomic E-state index is 0.689. The van der Waals surface area contributed by atoms with Gasteiger partial charge >= 0.3 is 0 Å². The van der Waals surface area contributed by atoms with Gasteiger partial charge in [0, 0.05) is 6.21 Å². The van der Waals surface area contributed by atoms with Crippen LogP contribution in [0.5, 0.6) is 0 Å². The van der Waals surface area contributed by atoms with Gasteiger partial charge in [-0.25, -0.2) is 0 Å². The van der Waals surface area contributed by atoms with Gasteiger partial charge in [0.15, 0.2) is 0 Å². The van der Waals surface area contributed by atoms with Gasteiger partial charge in [-0.3, -0.25) is 0 Å². The Kier molecular flexibility index (Phi) is 3.27. The summed E-state index contributed by atoms with van der Waals surface area (Å²) in [5.74, 6) is 0.689. The molecule has 1 aliphatic carbocycles. The Morgan fingerprint density at radius 3 is 2.60 bits per heavy atom. The van der Waals surface area contributed by atoms with E-state index < -0.39 is 0 Å². The fraction of sp³-hybridized carbons (Fsp3) is 0.875. The van der Waals surface area contributed by atoms with Crippen LogP contribution in [0.2, 0.25) is 0 Å². The van der Waals surface area contributed by atoms with E-state index in [1.807, 2.05) is 6.21 Å². The molecule has 0 atom stereocenters. The highest BCUT2D eigenvalue weighted by Gasteiger charge is 2.10. The van der Waals surface area contributed by atoms with E-state index in [0.29, 0.717) is 5.92 Å². The second kappa shape index (κ2) is 4.31. The van der Waals surface area contributed by atoms with Crippen molar-refractivity contribution in [2.75, 3.05) is 7.11 Å². The minimum absolute atomic E-state index is 0.689. The van der Waals surface area contributed by atoms with E-state index >= 15 is 0 Å². The highest BCUT2D eigenvalue weighted by molar-refractivity contribution is 5.59. The van der Waals surface area contributed by atoms with E-state index in [-0.39, 0.29) is 0 Å². The van der Waals surface area contributed by atoms with Gasteiger partial charge in [0.25, 0.3) is 0 Å². The van der Waals surface area contributed by atoms with Gasteiger partial charge in [-0.15, -0.1) is 0 Å². The Balaban J connectivity index is 2.19. The maximum atomic E-state index is 4.61. The molecule has 2 nitrogen and oxygen atoms in total. The van der Waals surface area contributed by atoms with Crippen LogP contribution in [-0.4, -0.2) is 13.3 Å². The fourth-order valence-corrected chi connectivity index (χ4v) is 1.43.